The van der Waals surface area contributed by atoms with E-state index < -0.39 is 0 Å². The Labute approximate surface area is 155 Å². The van der Waals surface area contributed by atoms with Crippen molar-refractivity contribution < 1.29 is 9.18 Å². The van der Waals surface area contributed by atoms with Crippen molar-refractivity contribution in [3.05, 3.63) is 58.0 Å². The molecule has 2 aromatic heterocycles. The van der Waals surface area contributed by atoms with Gasteiger partial charge < -0.3 is 9.88 Å². The predicted octanol–water partition coefficient (Wildman–Crippen LogP) is 3.01. The molecule has 0 saturated heterocycles. The molecule has 3 aromatic rings. The Balaban J connectivity index is 1.68. The molecule has 0 unspecified atom stereocenters. The smallest absolute Gasteiger partial charge is 0.278 e. The second kappa shape index (κ2) is 6.98. The molecule has 0 saturated carbocycles. The van der Waals surface area contributed by atoms with Crippen LogP contribution in [0, 0.1) is 12.7 Å². The first kappa shape index (κ1) is 17.5. The lowest BCUT2D eigenvalue weighted by Crippen LogP contribution is -2.28. The van der Waals surface area contributed by atoms with Crippen molar-refractivity contribution in [2.75, 3.05) is 5.32 Å². The number of aryl methyl sites for hydroxylation is 2. The largest absolute Gasteiger partial charge is 0.330 e. The SMILES string of the molecule is Cc1cc2nc3n(c(=O)c2n1CC(=O)Nc1ccc(F)cc1)CCCCC3. The maximum atomic E-state index is 13.1. The number of carbonyl (C=O) groups excluding carboxylic acids is 1. The van der Waals surface area contributed by atoms with Gasteiger partial charge in [0.2, 0.25) is 5.91 Å². The predicted molar refractivity (Wildman–Crippen MR) is 101 cm³/mol. The van der Waals surface area contributed by atoms with Crippen molar-refractivity contribution >= 4 is 22.6 Å². The van der Waals surface area contributed by atoms with Gasteiger partial charge in [-0.3, -0.25) is 14.2 Å². The third-order valence-corrected chi connectivity index (χ3v) is 5.00. The number of halogens is 1. The summed E-state index contributed by atoms with van der Waals surface area (Å²) < 4.78 is 16.5. The second-order valence-corrected chi connectivity index (χ2v) is 6.96. The summed E-state index contributed by atoms with van der Waals surface area (Å²) in [5.41, 5.74) is 2.34. The van der Waals surface area contributed by atoms with Crippen LogP contribution in [-0.2, 0) is 24.3 Å². The molecule has 1 aromatic carbocycles. The highest BCUT2D eigenvalue weighted by Crippen LogP contribution is 2.19. The summed E-state index contributed by atoms with van der Waals surface area (Å²) in [6.07, 6.45) is 3.90. The molecule has 7 heteroatoms. The zero-order chi connectivity index (χ0) is 19.0. The fraction of sp³-hybridized carbons (Fsp3) is 0.350. The highest BCUT2D eigenvalue weighted by molar-refractivity contribution is 5.91. The molecule has 0 bridgehead atoms. The minimum Gasteiger partial charge on any atom is -0.330 e. The molecule has 27 heavy (non-hydrogen) atoms. The van der Waals surface area contributed by atoms with Crippen LogP contribution < -0.4 is 10.9 Å². The minimum absolute atomic E-state index is 0.00295. The first-order valence-electron chi connectivity index (χ1n) is 9.18. The van der Waals surface area contributed by atoms with Gasteiger partial charge in [-0.05, 0) is 50.1 Å². The van der Waals surface area contributed by atoms with Crippen LogP contribution in [0.2, 0.25) is 0 Å². The van der Waals surface area contributed by atoms with E-state index in [1.165, 1.54) is 24.3 Å². The minimum atomic E-state index is -0.361. The summed E-state index contributed by atoms with van der Waals surface area (Å²) in [6, 6.07) is 7.44. The van der Waals surface area contributed by atoms with Crippen LogP contribution in [0.1, 0.15) is 30.8 Å². The number of hydrogen-bond donors (Lipinski definition) is 1. The molecular weight excluding hydrogens is 347 g/mol. The van der Waals surface area contributed by atoms with Crippen molar-refractivity contribution in [3.8, 4) is 0 Å². The molecule has 0 aliphatic carbocycles. The van der Waals surface area contributed by atoms with Crippen LogP contribution in [0.5, 0.6) is 0 Å². The normalized spacial score (nSPS) is 14.0. The summed E-state index contributed by atoms with van der Waals surface area (Å²) in [5, 5.41) is 2.74. The molecule has 1 aliphatic heterocycles. The number of nitrogens with one attached hydrogen (secondary N) is 1. The summed E-state index contributed by atoms with van der Waals surface area (Å²) in [7, 11) is 0. The van der Waals surface area contributed by atoms with E-state index in [0.29, 0.717) is 23.3 Å². The van der Waals surface area contributed by atoms with E-state index in [0.717, 1.165) is 37.2 Å². The number of benzene rings is 1. The van der Waals surface area contributed by atoms with E-state index in [9.17, 15) is 14.0 Å². The zero-order valence-corrected chi connectivity index (χ0v) is 15.2. The first-order chi connectivity index (χ1) is 13.0. The highest BCUT2D eigenvalue weighted by atomic mass is 19.1. The van der Waals surface area contributed by atoms with E-state index >= 15 is 0 Å². The Kier molecular flexibility index (Phi) is 4.51. The number of rotatable bonds is 3. The van der Waals surface area contributed by atoms with Crippen molar-refractivity contribution in [1.82, 2.24) is 14.1 Å². The van der Waals surface area contributed by atoms with Gasteiger partial charge in [0.25, 0.3) is 5.56 Å². The Morgan fingerprint density at radius 1 is 1.22 bits per heavy atom. The number of hydrogen-bond acceptors (Lipinski definition) is 3. The van der Waals surface area contributed by atoms with Gasteiger partial charge in [-0.15, -0.1) is 0 Å². The van der Waals surface area contributed by atoms with Gasteiger partial charge in [0.1, 0.15) is 23.7 Å². The van der Waals surface area contributed by atoms with Crippen LogP contribution in [0.25, 0.3) is 11.0 Å². The summed E-state index contributed by atoms with van der Waals surface area (Å²) >= 11 is 0. The fourth-order valence-corrected chi connectivity index (χ4v) is 3.65. The fourth-order valence-electron chi connectivity index (χ4n) is 3.65. The summed E-state index contributed by atoms with van der Waals surface area (Å²) in [4.78, 5) is 30.2. The second-order valence-electron chi connectivity index (χ2n) is 6.96. The van der Waals surface area contributed by atoms with Gasteiger partial charge in [-0.25, -0.2) is 9.37 Å². The number of aromatic nitrogens is 3. The number of anilines is 1. The van der Waals surface area contributed by atoms with Crippen molar-refractivity contribution in [1.29, 1.82) is 0 Å². The van der Waals surface area contributed by atoms with E-state index in [4.69, 9.17) is 0 Å². The van der Waals surface area contributed by atoms with Gasteiger partial charge in [0.15, 0.2) is 0 Å². The van der Waals surface area contributed by atoms with E-state index in [2.05, 4.69) is 10.3 Å². The standard InChI is InChI=1S/C20H21FN4O2/c1-13-11-16-19(20(27)24-10-4-2-3-5-17(24)23-16)25(13)12-18(26)22-15-8-6-14(21)7-9-15/h6-9,11H,2-5,10,12H2,1H3,(H,22,26). The average molecular weight is 368 g/mol. The molecule has 3 heterocycles. The first-order valence-corrected chi connectivity index (χ1v) is 9.18. The Bertz CT molecular complexity index is 1070. The monoisotopic (exact) mass is 368 g/mol. The summed E-state index contributed by atoms with van der Waals surface area (Å²) in [5.74, 6) is 0.194. The maximum absolute atomic E-state index is 13.1. The van der Waals surface area contributed by atoms with Gasteiger partial charge in [0.05, 0.1) is 5.52 Å². The molecule has 1 N–H and O–H groups in total. The van der Waals surface area contributed by atoms with Crippen LogP contribution in [-0.4, -0.2) is 20.0 Å². The third-order valence-electron chi connectivity index (χ3n) is 5.00. The molecule has 6 nitrogen and oxygen atoms in total. The molecule has 1 aliphatic rings. The Morgan fingerprint density at radius 3 is 2.78 bits per heavy atom. The van der Waals surface area contributed by atoms with Gasteiger partial charge in [0, 0.05) is 24.3 Å². The lowest BCUT2D eigenvalue weighted by atomic mass is 10.2. The Hall–Kier alpha value is -2.96. The number of nitrogens with zero attached hydrogens (tertiary/aromatic N) is 3. The topological polar surface area (TPSA) is 68.9 Å². The average Bonchev–Trinajstić information content (AvgIpc) is 2.81. The van der Waals surface area contributed by atoms with Crippen LogP contribution >= 0.6 is 0 Å². The van der Waals surface area contributed by atoms with Gasteiger partial charge in [-0.2, -0.15) is 0 Å². The molecule has 0 radical (unpaired) electrons. The molecule has 0 fully saturated rings. The summed E-state index contributed by atoms with van der Waals surface area (Å²) in [6.45, 7) is 2.54. The zero-order valence-electron chi connectivity index (χ0n) is 15.2. The van der Waals surface area contributed by atoms with Gasteiger partial charge in [-0.1, -0.05) is 6.42 Å². The van der Waals surface area contributed by atoms with Crippen molar-refractivity contribution in [2.45, 2.75) is 45.7 Å². The van der Waals surface area contributed by atoms with Gasteiger partial charge >= 0.3 is 0 Å². The maximum Gasteiger partial charge on any atom is 0.278 e. The molecule has 0 spiro atoms. The quantitative estimate of drug-likeness (QED) is 0.773. The number of fused-ring (bicyclic) bond motifs is 2. The lowest BCUT2D eigenvalue weighted by Gasteiger charge is -2.12. The van der Waals surface area contributed by atoms with Crippen LogP contribution in [0.4, 0.5) is 10.1 Å². The lowest BCUT2D eigenvalue weighted by molar-refractivity contribution is -0.116. The van der Waals surface area contributed by atoms with Crippen LogP contribution in [0.15, 0.2) is 35.1 Å². The highest BCUT2D eigenvalue weighted by Gasteiger charge is 2.19. The number of amides is 1. The van der Waals surface area contributed by atoms with Crippen molar-refractivity contribution in [3.63, 3.8) is 0 Å². The Morgan fingerprint density at radius 2 is 2.00 bits per heavy atom. The number of carbonyl (C=O) groups is 1. The van der Waals surface area contributed by atoms with E-state index in [1.807, 2.05) is 13.0 Å². The third kappa shape index (κ3) is 3.37. The molecule has 0 atom stereocenters. The van der Waals surface area contributed by atoms with Crippen LogP contribution in [0.3, 0.4) is 0 Å². The van der Waals surface area contributed by atoms with E-state index in [1.54, 1.807) is 9.13 Å². The molecule has 1 amide bonds. The molecular formula is C20H21FN4O2. The molecule has 4 rings (SSSR count). The molecule has 140 valence electrons. The van der Waals surface area contributed by atoms with Crippen molar-refractivity contribution in [2.24, 2.45) is 0 Å². The van der Waals surface area contributed by atoms with E-state index in [-0.39, 0.29) is 23.8 Å².